The predicted molar refractivity (Wildman–Crippen MR) is 95.5 cm³/mol. The highest BCUT2D eigenvalue weighted by Crippen LogP contribution is 2.27. The van der Waals surface area contributed by atoms with Crippen LogP contribution in [0.2, 0.25) is 0 Å². The number of carbonyl (C=O) groups excluding carboxylic acids is 1. The van der Waals surface area contributed by atoms with Gasteiger partial charge in [-0.15, -0.1) is 21.5 Å². The van der Waals surface area contributed by atoms with Gasteiger partial charge < -0.3 is 14.5 Å². The molecule has 0 unspecified atom stereocenters. The number of rotatable bonds is 3. The lowest BCUT2D eigenvalue weighted by atomic mass is 9.97. The Morgan fingerprint density at radius 2 is 2.32 bits per heavy atom. The maximum Gasteiger partial charge on any atom is 0.270 e. The Bertz CT molecular complexity index is 894. The van der Waals surface area contributed by atoms with Crippen LogP contribution >= 0.6 is 11.3 Å². The molecule has 7 nitrogen and oxygen atoms in total. The minimum atomic E-state index is 0.0325. The first-order valence-electron chi connectivity index (χ1n) is 8.36. The van der Waals surface area contributed by atoms with Crippen molar-refractivity contribution in [2.75, 3.05) is 13.1 Å². The molecule has 1 aliphatic heterocycles. The monoisotopic (exact) mass is 356 g/mol. The molecule has 0 aliphatic carbocycles. The van der Waals surface area contributed by atoms with E-state index in [-0.39, 0.29) is 11.8 Å². The standard InChI is InChI=1S/C17H20N6OS/c1-11-20-15(9-25-11)13-6-14(18-7-13)17(24)23-5-3-4-12(8-23)16-21-19-10-22(16)2/h6-7,9-10,12,18H,3-5,8H2,1-2H3/t12-/m0/s1. The fourth-order valence-corrected chi connectivity index (χ4v) is 3.99. The number of H-pyrrole nitrogens is 1. The van der Waals surface area contributed by atoms with Crippen LogP contribution in [0.25, 0.3) is 11.3 Å². The fourth-order valence-electron chi connectivity index (χ4n) is 3.37. The molecule has 130 valence electrons. The maximum absolute atomic E-state index is 12.9. The Morgan fingerprint density at radius 1 is 1.44 bits per heavy atom. The lowest BCUT2D eigenvalue weighted by Crippen LogP contribution is -2.39. The third-order valence-corrected chi connectivity index (χ3v) is 5.42. The van der Waals surface area contributed by atoms with Crippen molar-refractivity contribution in [2.24, 2.45) is 7.05 Å². The Hall–Kier alpha value is -2.48. The van der Waals surface area contributed by atoms with Gasteiger partial charge in [0.15, 0.2) is 0 Å². The summed E-state index contributed by atoms with van der Waals surface area (Å²) < 4.78 is 1.94. The summed E-state index contributed by atoms with van der Waals surface area (Å²) in [6, 6.07) is 1.89. The summed E-state index contributed by atoms with van der Waals surface area (Å²) in [5.74, 6) is 1.22. The van der Waals surface area contributed by atoms with Gasteiger partial charge >= 0.3 is 0 Å². The zero-order chi connectivity index (χ0) is 17.4. The van der Waals surface area contributed by atoms with E-state index >= 15 is 0 Å². The van der Waals surface area contributed by atoms with Crippen LogP contribution in [0, 0.1) is 6.92 Å². The van der Waals surface area contributed by atoms with E-state index in [0.29, 0.717) is 12.2 Å². The number of nitrogens with one attached hydrogen (secondary N) is 1. The largest absolute Gasteiger partial charge is 0.357 e. The predicted octanol–water partition coefficient (Wildman–Crippen LogP) is 2.59. The number of aromatic nitrogens is 5. The normalized spacial score (nSPS) is 17.8. The highest BCUT2D eigenvalue weighted by Gasteiger charge is 2.28. The second kappa shape index (κ2) is 6.44. The molecular weight excluding hydrogens is 336 g/mol. The van der Waals surface area contributed by atoms with Crippen molar-refractivity contribution in [3.8, 4) is 11.3 Å². The second-order valence-corrected chi connectivity index (χ2v) is 7.51. The molecule has 1 aliphatic rings. The second-order valence-electron chi connectivity index (χ2n) is 6.44. The molecule has 0 spiro atoms. The quantitative estimate of drug-likeness (QED) is 0.782. The zero-order valence-corrected chi connectivity index (χ0v) is 15.1. The average Bonchev–Trinajstić information content (AvgIpc) is 3.34. The summed E-state index contributed by atoms with van der Waals surface area (Å²) in [5.41, 5.74) is 2.47. The number of aryl methyl sites for hydroxylation is 2. The minimum Gasteiger partial charge on any atom is -0.357 e. The van der Waals surface area contributed by atoms with Gasteiger partial charge in [-0.25, -0.2) is 4.98 Å². The smallest absolute Gasteiger partial charge is 0.270 e. The van der Waals surface area contributed by atoms with Crippen molar-refractivity contribution in [3.63, 3.8) is 0 Å². The van der Waals surface area contributed by atoms with Crippen LogP contribution in [0.1, 0.15) is 40.1 Å². The molecule has 1 amide bonds. The molecule has 4 heterocycles. The lowest BCUT2D eigenvalue weighted by Gasteiger charge is -2.31. The minimum absolute atomic E-state index is 0.0325. The molecule has 3 aromatic rings. The number of nitrogens with zero attached hydrogens (tertiary/aromatic N) is 5. The topological polar surface area (TPSA) is 79.7 Å². The highest BCUT2D eigenvalue weighted by molar-refractivity contribution is 7.09. The summed E-state index contributed by atoms with van der Waals surface area (Å²) in [7, 11) is 1.95. The molecule has 0 aromatic carbocycles. The number of hydrogen-bond acceptors (Lipinski definition) is 5. The van der Waals surface area contributed by atoms with Gasteiger partial charge in [0.1, 0.15) is 17.8 Å². The summed E-state index contributed by atoms with van der Waals surface area (Å²) in [6.07, 6.45) is 5.57. The molecule has 0 bridgehead atoms. The summed E-state index contributed by atoms with van der Waals surface area (Å²) in [6.45, 7) is 3.43. The number of carbonyl (C=O) groups is 1. The van der Waals surface area contributed by atoms with E-state index in [2.05, 4.69) is 20.2 Å². The first-order valence-corrected chi connectivity index (χ1v) is 9.24. The lowest BCUT2D eigenvalue weighted by molar-refractivity contribution is 0.0698. The van der Waals surface area contributed by atoms with Gasteiger partial charge in [0.25, 0.3) is 5.91 Å². The van der Waals surface area contributed by atoms with E-state index in [9.17, 15) is 4.79 Å². The number of aromatic amines is 1. The van der Waals surface area contributed by atoms with Gasteiger partial charge in [-0.05, 0) is 25.8 Å². The molecule has 1 N–H and O–H groups in total. The van der Waals surface area contributed by atoms with Crippen molar-refractivity contribution in [1.82, 2.24) is 29.6 Å². The average molecular weight is 356 g/mol. The van der Waals surface area contributed by atoms with Crippen LogP contribution < -0.4 is 0 Å². The molecule has 0 saturated carbocycles. The number of amides is 1. The maximum atomic E-state index is 12.9. The Balaban J connectivity index is 1.51. The van der Waals surface area contributed by atoms with Crippen molar-refractivity contribution in [1.29, 1.82) is 0 Å². The van der Waals surface area contributed by atoms with Gasteiger partial charge in [0.05, 0.1) is 10.7 Å². The molecule has 8 heteroatoms. The Kier molecular flexibility index (Phi) is 4.12. The molecule has 1 saturated heterocycles. The van der Waals surface area contributed by atoms with Crippen LogP contribution in [-0.4, -0.2) is 48.6 Å². The van der Waals surface area contributed by atoms with Crippen molar-refractivity contribution in [3.05, 3.63) is 40.5 Å². The molecule has 3 aromatic heterocycles. The van der Waals surface area contributed by atoms with E-state index in [1.807, 2.05) is 41.1 Å². The summed E-state index contributed by atoms with van der Waals surface area (Å²) in [5, 5.41) is 11.2. The van der Waals surface area contributed by atoms with Gasteiger partial charge in [0, 0.05) is 43.2 Å². The number of hydrogen-bond donors (Lipinski definition) is 1. The number of piperidine rings is 1. The first-order chi connectivity index (χ1) is 12.1. The van der Waals surface area contributed by atoms with Crippen LogP contribution in [0.4, 0.5) is 0 Å². The third-order valence-electron chi connectivity index (χ3n) is 4.65. The zero-order valence-electron chi connectivity index (χ0n) is 14.3. The van der Waals surface area contributed by atoms with Crippen molar-refractivity contribution in [2.45, 2.75) is 25.7 Å². The highest BCUT2D eigenvalue weighted by atomic mass is 32.1. The van der Waals surface area contributed by atoms with Crippen molar-refractivity contribution >= 4 is 17.2 Å². The van der Waals surface area contributed by atoms with Gasteiger partial charge in [-0.3, -0.25) is 4.79 Å². The van der Waals surface area contributed by atoms with Crippen LogP contribution in [0.15, 0.2) is 24.0 Å². The van der Waals surface area contributed by atoms with Gasteiger partial charge in [-0.1, -0.05) is 0 Å². The fraction of sp³-hybridized carbons (Fsp3) is 0.412. The van der Waals surface area contributed by atoms with Crippen LogP contribution in [0.5, 0.6) is 0 Å². The molecule has 1 atom stereocenters. The van der Waals surface area contributed by atoms with Crippen LogP contribution in [-0.2, 0) is 7.05 Å². The van der Waals surface area contributed by atoms with Gasteiger partial charge in [-0.2, -0.15) is 0 Å². The van der Waals surface area contributed by atoms with Gasteiger partial charge in [0.2, 0.25) is 0 Å². The Labute approximate surface area is 149 Å². The van der Waals surface area contributed by atoms with E-state index in [1.165, 1.54) is 0 Å². The number of thiazole rings is 1. The summed E-state index contributed by atoms with van der Waals surface area (Å²) in [4.78, 5) is 22.4. The van der Waals surface area contributed by atoms with Crippen molar-refractivity contribution < 1.29 is 4.79 Å². The van der Waals surface area contributed by atoms with E-state index in [0.717, 1.165) is 41.5 Å². The molecule has 0 radical (unpaired) electrons. The van der Waals surface area contributed by atoms with E-state index in [1.54, 1.807) is 17.7 Å². The molecule has 1 fully saturated rings. The summed E-state index contributed by atoms with van der Waals surface area (Å²) >= 11 is 1.61. The molecule has 4 rings (SSSR count). The Morgan fingerprint density at radius 3 is 3.04 bits per heavy atom. The molecule has 25 heavy (non-hydrogen) atoms. The third kappa shape index (κ3) is 3.09. The van der Waals surface area contributed by atoms with E-state index < -0.39 is 0 Å². The number of likely N-dealkylation sites (tertiary alicyclic amines) is 1. The van der Waals surface area contributed by atoms with E-state index in [4.69, 9.17) is 0 Å². The molecular formula is C17H20N6OS. The van der Waals surface area contributed by atoms with Crippen LogP contribution in [0.3, 0.4) is 0 Å². The first kappa shape index (κ1) is 16.0. The SMILES string of the molecule is Cc1nc(-c2c[nH]c(C(=O)N3CCC[C@H](c4nncn4C)C3)c2)cs1.